The second kappa shape index (κ2) is 7.16. The van der Waals surface area contributed by atoms with Crippen LogP contribution in [0.3, 0.4) is 0 Å². The standard InChI is InChI=1S/C17H14F2N2O4/c1-10-13(9-24-15-5-4-11(18)7-14(15)19)16(21-25-10)17(22)20-8-12-3-2-6-23-12/h2-7H,8-9H2,1H3,(H,20,22). The van der Waals surface area contributed by atoms with E-state index in [1.165, 1.54) is 12.3 Å². The fourth-order valence-corrected chi connectivity index (χ4v) is 2.15. The zero-order chi connectivity index (χ0) is 17.8. The van der Waals surface area contributed by atoms with E-state index in [9.17, 15) is 13.6 Å². The summed E-state index contributed by atoms with van der Waals surface area (Å²) in [5, 5.41) is 6.35. The molecule has 0 atom stereocenters. The zero-order valence-electron chi connectivity index (χ0n) is 13.2. The minimum atomic E-state index is -0.835. The summed E-state index contributed by atoms with van der Waals surface area (Å²) in [6, 6.07) is 6.39. The number of hydrogen-bond donors (Lipinski definition) is 1. The summed E-state index contributed by atoms with van der Waals surface area (Å²) in [5.41, 5.74) is 0.409. The lowest BCUT2D eigenvalue weighted by Crippen LogP contribution is -2.24. The van der Waals surface area contributed by atoms with E-state index in [0.29, 0.717) is 23.2 Å². The molecule has 0 aliphatic carbocycles. The van der Waals surface area contributed by atoms with Crippen LogP contribution in [0.5, 0.6) is 5.75 Å². The number of rotatable bonds is 6. The molecule has 0 fully saturated rings. The Morgan fingerprint density at radius 1 is 1.32 bits per heavy atom. The molecule has 0 unspecified atom stereocenters. The van der Waals surface area contributed by atoms with Gasteiger partial charge in [-0.3, -0.25) is 4.79 Å². The van der Waals surface area contributed by atoms with E-state index in [2.05, 4.69) is 10.5 Å². The van der Waals surface area contributed by atoms with Crippen LogP contribution in [0.15, 0.2) is 45.5 Å². The number of aromatic nitrogens is 1. The first kappa shape index (κ1) is 16.7. The third-order valence-electron chi connectivity index (χ3n) is 3.47. The number of benzene rings is 1. The van der Waals surface area contributed by atoms with Gasteiger partial charge in [-0.1, -0.05) is 5.16 Å². The Hall–Kier alpha value is -3.16. The zero-order valence-corrected chi connectivity index (χ0v) is 13.2. The van der Waals surface area contributed by atoms with Crippen LogP contribution in [-0.4, -0.2) is 11.1 Å². The van der Waals surface area contributed by atoms with Crippen molar-refractivity contribution in [1.82, 2.24) is 10.5 Å². The molecule has 8 heteroatoms. The summed E-state index contributed by atoms with van der Waals surface area (Å²) in [4.78, 5) is 12.2. The number of aryl methyl sites for hydroxylation is 1. The minimum absolute atomic E-state index is 0.0339. The number of ether oxygens (including phenoxy) is 1. The smallest absolute Gasteiger partial charge is 0.274 e. The van der Waals surface area contributed by atoms with Crippen molar-refractivity contribution in [3.63, 3.8) is 0 Å². The van der Waals surface area contributed by atoms with E-state index < -0.39 is 17.5 Å². The van der Waals surface area contributed by atoms with E-state index in [0.717, 1.165) is 6.07 Å². The van der Waals surface area contributed by atoms with Crippen LogP contribution in [0.4, 0.5) is 8.78 Å². The van der Waals surface area contributed by atoms with Crippen molar-refractivity contribution < 1.29 is 27.3 Å². The highest BCUT2D eigenvalue weighted by Gasteiger charge is 2.21. The average Bonchev–Trinajstić information content (AvgIpc) is 3.22. The van der Waals surface area contributed by atoms with Gasteiger partial charge in [0.1, 0.15) is 23.9 Å². The highest BCUT2D eigenvalue weighted by molar-refractivity contribution is 5.93. The number of carbonyl (C=O) groups is 1. The molecule has 1 N–H and O–H groups in total. The molecule has 0 spiro atoms. The Labute approximate surface area is 141 Å². The summed E-state index contributed by atoms with van der Waals surface area (Å²) in [7, 11) is 0. The van der Waals surface area contributed by atoms with Crippen molar-refractivity contribution in [2.24, 2.45) is 0 Å². The molecule has 1 aromatic carbocycles. The van der Waals surface area contributed by atoms with Crippen LogP contribution in [0.25, 0.3) is 0 Å². The van der Waals surface area contributed by atoms with Crippen molar-refractivity contribution in [2.75, 3.05) is 0 Å². The molecule has 25 heavy (non-hydrogen) atoms. The van der Waals surface area contributed by atoms with Gasteiger partial charge >= 0.3 is 0 Å². The molecule has 3 aromatic rings. The van der Waals surface area contributed by atoms with Gasteiger partial charge in [0, 0.05) is 6.07 Å². The van der Waals surface area contributed by atoms with Gasteiger partial charge in [0.25, 0.3) is 5.91 Å². The fraction of sp³-hybridized carbons (Fsp3) is 0.176. The Morgan fingerprint density at radius 2 is 2.16 bits per heavy atom. The average molecular weight is 348 g/mol. The van der Waals surface area contributed by atoms with Gasteiger partial charge in [-0.2, -0.15) is 0 Å². The first-order chi connectivity index (χ1) is 12.0. The van der Waals surface area contributed by atoms with Gasteiger partial charge in [-0.25, -0.2) is 8.78 Å². The number of halogens is 2. The van der Waals surface area contributed by atoms with Crippen LogP contribution in [0, 0.1) is 18.6 Å². The van der Waals surface area contributed by atoms with Gasteiger partial charge in [0.15, 0.2) is 17.3 Å². The first-order valence-corrected chi connectivity index (χ1v) is 7.38. The summed E-state index contributed by atoms with van der Waals surface area (Å²) >= 11 is 0. The monoisotopic (exact) mass is 348 g/mol. The Balaban J connectivity index is 1.69. The lowest BCUT2D eigenvalue weighted by atomic mass is 10.2. The third-order valence-corrected chi connectivity index (χ3v) is 3.47. The molecule has 0 saturated carbocycles. The third kappa shape index (κ3) is 3.85. The molecule has 6 nitrogen and oxygen atoms in total. The van der Waals surface area contributed by atoms with E-state index in [1.54, 1.807) is 19.1 Å². The van der Waals surface area contributed by atoms with Gasteiger partial charge in [-0.05, 0) is 31.2 Å². The minimum Gasteiger partial charge on any atom is -0.486 e. The molecular formula is C17H14F2N2O4. The normalized spacial score (nSPS) is 10.7. The molecule has 3 rings (SSSR count). The molecular weight excluding hydrogens is 334 g/mol. The molecule has 0 aliphatic rings. The Kier molecular flexibility index (Phi) is 4.78. The van der Waals surface area contributed by atoms with Crippen LogP contribution >= 0.6 is 0 Å². The van der Waals surface area contributed by atoms with Gasteiger partial charge in [0.05, 0.1) is 18.4 Å². The maximum atomic E-state index is 13.6. The van der Waals surface area contributed by atoms with Gasteiger partial charge < -0.3 is 19.0 Å². The van der Waals surface area contributed by atoms with Crippen molar-refractivity contribution in [1.29, 1.82) is 0 Å². The van der Waals surface area contributed by atoms with E-state index in [4.69, 9.17) is 13.7 Å². The van der Waals surface area contributed by atoms with Crippen LogP contribution < -0.4 is 10.1 Å². The number of furan rings is 1. The van der Waals surface area contributed by atoms with Crippen LogP contribution in [-0.2, 0) is 13.2 Å². The van der Waals surface area contributed by atoms with E-state index in [1.807, 2.05) is 0 Å². The number of nitrogens with zero attached hydrogens (tertiary/aromatic N) is 1. The largest absolute Gasteiger partial charge is 0.486 e. The molecule has 2 heterocycles. The van der Waals surface area contributed by atoms with Crippen LogP contribution in [0.2, 0.25) is 0 Å². The molecule has 0 radical (unpaired) electrons. The quantitative estimate of drug-likeness (QED) is 0.739. The lowest BCUT2D eigenvalue weighted by Gasteiger charge is -2.08. The highest BCUT2D eigenvalue weighted by Crippen LogP contribution is 2.21. The van der Waals surface area contributed by atoms with E-state index in [-0.39, 0.29) is 24.6 Å². The first-order valence-electron chi connectivity index (χ1n) is 7.38. The van der Waals surface area contributed by atoms with Crippen molar-refractivity contribution in [3.8, 4) is 5.75 Å². The molecule has 0 aliphatic heterocycles. The number of amides is 1. The van der Waals surface area contributed by atoms with Gasteiger partial charge in [0.2, 0.25) is 0 Å². The predicted octanol–water partition coefficient (Wildman–Crippen LogP) is 3.36. The Morgan fingerprint density at radius 3 is 2.88 bits per heavy atom. The van der Waals surface area contributed by atoms with Crippen molar-refractivity contribution in [3.05, 3.63) is 71.0 Å². The second-order valence-electron chi connectivity index (χ2n) is 5.19. The predicted molar refractivity (Wildman–Crippen MR) is 81.8 cm³/mol. The van der Waals surface area contributed by atoms with E-state index >= 15 is 0 Å². The second-order valence-corrected chi connectivity index (χ2v) is 5.19. The molecule has 2 aromatic heterocycles. The summed E-state index contributed by atoms with van der Waals surface area (Å²) in [5.74, 6) is -1.21. The van der Waals surface area contributed by atoms with Crippen LogP contribution in [0.1, 0.15) is 27.6 Å². The molecule has 130 valence electrons. The summed E-state index contributed by atoms with van der Waals surface area (Å²) in [6.07, 6.45) is 1.50. The highest BCUT2D eigenvalue weighted by atomic mass is 19.1. The lowest BCUT2D eigenvalue weighted by molar-refractivity contribution is 0.0936. The van der Waals surface area contributed by atoms with Crippen molar-refractivity contribution in [2.45, 2.75) is 20.1 Å². The molecule has 1 amide bonds. The molecule has 0 saturated heterocycles. The van der Waals surface area contributed by atoms with Crippen molar-refractivity contribution >= 4 is 5.91 Å². The summed E-state index contributed by atoms with van der Waals surface area (Å²) in [6.45, 7) is 1.64. The maximum Gasteiger partial charge on any atom is 0.274 e. The molecule has 0 bridgehead atoms. The maximum absolute atomic E-state index is 13.6. The Bertz CT molecular complexity index is 875. The fourth-order valence-electron chi connectivity index (χ4n) is 2.15. The van der Waals surface area contributed by atoms with Gasteiger partial charge in [-0.15, -0.1) is 0 Å². The topological polar surface area (TPSA) is 77.5 Å². The summed E-state index contributed by atoms with van der Waals surface area (Å²) < 4.78 is 42.0. The SMILES string of the molecule is Cc1onc(C(=O)NCc2ccco2)c1COc1ccc(F)cc1F. The number of hydrogen-bond acceptors (Lipinski definition) is 5. The number of nitrogens with one attached hydrogen (secondary N) is 1. The number of carbonyl (C=O) groups excluding carboxylic acids is 1.